The molecule has 0 saturated carbocycles. The van der Waals surface area contributed by atoms with Crippen molar-refractivity contribution in [3.8, 4) is 6.07 Å². The van der Waals surface area contributed by atoms with Crippen molar-refractivity contribution in [3.63, 3.8) is 0 Å². The van der Waals surface area contributed by atoms with E-state index in [2.05, 4.69) is 16.4 Å². The van der Waals surface area contributed by atoms with Crippen LogP contribution in [-0.4, -0.2) is 16.1 Å². The first-order valence-corrected chi connectivity index (χ1v) is 6.37. The highest BCUT2D eigenvalue weighted by Gasteiger charge is 2.01. The molecule has 4 heteroatoms. The summed E-state index contributed by atoms with van der Waals surface area (Å²) in [7, 11) is 2.01. The molecule has 0 saturated heterocycles. The van der Waals surface area contributed by atoms with Crippen molar-refractivity contribution in [3.05, 3.63) is 53.1 Å². The third-order valence-electron chi connectivity index (χ3n) is 3.23. The Kier molecular flexibility index (Phi) is 4.32. The van der Waals surface area contributed by atoms with Gasteiger partial charge < -0.3 is 9.88 Å². The highest BCUT2D eigenvalue weighted by Crippen LogP contribution is 2.10. The molecule has 1 aromatic carbocycles. The van der Waals surface area contributed by atoms with E-state index in [1.807, 2.05) is 49.1 Å². The zero-order valence-electron chi connectivity index (χ0n) is 11.3. The van der Waals surface area contributed by atoms with Crippen LogP contribution >= 0.6 is 0 Å². The van der Waals surface area contributed by atoms with E-state index in [0.717, 1.165) is 30.9 Å². The molecule has 0 atom stereocenters. The lowest BCUT2D eigenvalue weighted by Gasteiger charge is -2.08. The van der Waals surface area contributed by atoms with Crippen molar-refractivity contribution in [1.82, 2.24) is 14.9 Å². The van der Waals surface area contributed by atoms with Gasteiger partial charge in [0, 0.05) is 39.0 Å². The molecule has 1 N–H and O–H groups in total. The lowest BCUT2D eigenvalue weighted by Crippen LogP contribution is -2.18. The van der Waals surface area contributed by atoms with Gasteiger partial charge in [0.15, 0.2) is 0 Å². The second-order valence-corrected chi connectivity index (χ2v) is 4.63. The summed E-state index contributed by atoms with van der Waals surface area (Å²) >= 11 is 0. The lowest BCUT2D eigenvalue weighted by molar-refractivity contribution is 0.653. The van der Waals surface area contributed by atoms with Crippen LogP contribution in [0.25, 0.3) is 0 Å². The van der Waals surface area contributed by atoms with Crippen LogP contribution in [0, 0.1) is 18.3 Å². The second kappa shape index (κ2) is 6.17. The van der Waals surface area contributed by atoms with E-state index in [-0.39, 0.29) is 0 Å². The first kappa shape index (κ1) is 13.3. The smallest absolute Gasteiger partial charge is 0.109 e. The van der Waals surface area contributed by atoms with Crippen LogP contribution in [0.2, 0.25) is 0 Å². The van der Waals surface area contributed by atoms with E-state index in [4.69, 9.17) is 5.26 Å². The number of nitriles is 1. The Hall–Kier alpha value is -2.12. The predicted molar refractivity (Wildman–Crippen MR) is 74.5 cm³/mol. The Morgan fingerprint density at radius 3 is 2.89 bits per heavy atom. The van der Waals surface area contributed by atoms with E-state index in [1.165, 1.54) is 5.56 Å². The van der Waals surface area contributed by atoms with Gasteiger partial charge in [-0.25, -0.2) is 4.98 Å². The van der Waals surface area contributed by atoms with Gasteiger partial charge in [-0.2, -0.15) is 5.26 Å². The Morgan fingerprint density at radius 1 is 1.42 bits per heavy atom. The van der Waals surface area contributed by atoms with Crippen LogP contribution < -0.4 is 5.32 Å². The number of aromatic nitrogens is 2. The number of aryl methyl sites for hydroxylation is 2. The molecule has 98 valence electrons. The topological polar surface area (TPSA) is 53.6 Å². The van der Waals surface area contributed by atoms with E-state index in [9.17, 15) is 0 Å². The summed E-state index contributed by atoms with van der Waals surface area (Å²) in [6, 6.07) is 7.96. The average Bonchev–Trinajstić information content (AvgIpc) is 2.81. The fraction of sp³-hybridized carbons (Fsp3) is 0.333. The van der Waals surface area contributed by atoms with Crippen molar-refractivity contribution < 1.29 is 0 Å². The molecule has 0 aliphatic rings. The molecule has 0 bridgehead atoms. The van der Waals surface area contributed by atoms with Crippen molar-refractivity contribution in [2.75, 3.05) is 6.54 Å². The maximum Gasteiger partial charge on any atom is 0.109 e. The normalized spacial score (nSPS) is 10.4. The highest BCUT2D eigenvalue weighted by atomic mass is 15.0. The minimum atomic E-state index is 0.717. The van der Waals surface area contributed by atoms with Crippen molar-refractivity contribution in [1.29, 1.82) is 5.26 Å². The summed E-state index contributed by atoms with van der Waals surface area (Å²) in [5, 5.41) is 12.2. The maximum atomic E-state index is 8.82. The molecule has 0 unspecified atom stereocenters. The quantitative estimate of drug-likeness (QED) is 0.830. The Balaban J connectivity index is 1.83. The second-order valence-electron chi connectivity index (χ2n) is 4.63. The summed E-state index contributed by atoms with van der Waals surface area (Å²) in [4.78, 5) is 4.29. The number of rotatable bonds is 5. The molecule has 19 heavy (non-hydrogen) atoms. The van der Waals surface area contributed by atoms with Crippen LogP contribution in [0.3, 0.4) is 0 Å². The SMILES string of the molecule is Cc1cc(C#N)ccc1CNCCc1nccn1C. The number of nitrogens with one attached hydrogen (secondary N) is 1. The molecular formula is C15H18N4. The average molecular weight is 254 g/mol. The molecular weight excluding hydrogens is 236 g/mol. The number of imidazole rings is 1. The van der Waals surface area contributed by atoms with Crippen molar-refractivity contribution in [2.24, 2.45) is 7.05 Å². The fourth-order valence-corrected chi connectivity index (χ4v) is 2.02. The van der Waals surface area contributed by atoms with Crippen LogP contribution in [0.4, 0.5) is 0 Å². The van der Waals surface area contributed by atoms with Gasteiger partial charge in [-0.05, 0) is 30.2 Å². The molecule has 1 aromatic heterocycles. The molecule has 0 amide bonds. The van der Waals surface area contributed by atoms with Crippen LogP contribution in [0.15, 0.2) is 30.6 Å². The van der Waals surface area contributed by atoms with Crippen molar-refractivity contribution in [2.45, 2.75) is 19.9 Å². The van der Waals surface area contributed by atoms with Gasteiger partial charge in [0.1, 0.15) is 5.82 Å². The third-order valence-corrected chi connectivity index (χ3v) is 3.23. The first-order chi connectivity index (χ1) is 9.20. The summed E-state index contributed by atoms with van der Waals surface area (Å²) in [6.07, 6.45) is 4.69. The first-order valence-electron chi connectivity index (χ1n) is 6.37. The minimum absolute atomic E-state index is 0.717. The number of benzene rings is 1. The van der Waals surface area contributed by atoms with Gasteiger partial charge in [-0.15, -0.1) is 0 Å². The van der Waals surface area contributed by atoms with Crippen LogP contribution in [0.5, 0.6) is 0 Å². The summed E-state index contributed by atoms with van der Waals surface area (Å²) < 4.78 is 2.04. The monoisotopic (exact) mass is 254 g/mol. The van der Waals surface area contributed by atoms with Crippen molar-refractivity contribution >= 4 is 0 Å². The van der Waals surface area contributed by atoms with Gasteiger partial charge in [0.25, 0.3) is 0 Å². The summed E-state index contributed by atoms with van der Waals surface area (Å²) in [6.45, 7) is 3.75. The Morgan fingerprint density at radius 2 is 2.26 bits per heavy atom. The largest absolute Gasteiger partial charge is 0.338 e. The molecule has 0 aliphatic carbocycles. The van der Waals surface area contributed by atoms with E-state index < -0.39 is 0 Å². The molecule has 0 fully saturated rings. The molecule has 0 aliphatic heterocycles. The zero-order chi connectivity index (χ0) is 13.7. The van der Waals surface area contributed by atoms with E-state index >= 15 is 0 Å². The van der Waals surface area contributed by atoms with Gasteiger partial charge in [-0.1, -0.05) is 6.07 Å². The standard InChI is InChI=1S/C15H18N4/c1-12-9-13(10-16)3-4-14(12)11-17-6-5-15-18-7-8-19(15)2/h3-4,7-9,17H,5-6,11H2,1-2H3. The lowest BCUT2D eigenvalue weighted by atomic mass is 10.1. The zero-order valence-corrected chi connectivity index (χ0v) is 11.3. The molecule has 2 rings (SSSR count). The third kappa shape index (κ3) is 3.43. The molecule has 4 nitrogen and oxygen atoms in total. The molecule has 2 aromatic rings. The van der Waals surface area contributed by atoms with E-state index in [1.54, 1.807) is 0 Å². The number of nitrogens with zero attached hydrogens (tertiary/aromatic N) is 3. The number of hydrogen-bond donors (Lipinski definition) is 1. The summed E-state index contributed by atoms with van der Waals surface area (Å²) in [5.41, 5.74) is 3.11. The molecule has 0 spiro atoms. The molecule has 0 radical (unpaired) electrons. The minimum Gasteiger partial charge on any atom is -0.338 e. The Bertz CT molecular complexity index is 592. The van der Waals surface area contributed by atoms with E-state index in [0.29, 0.717) is 5.56 Å². The predicted octanol–water partition coefficient (Wildman–Crippen LogP) is 1.93. The summed E-state index contributed by atoms with van der Waals surface area (Å²) in [5.74, 6) is 1.09. The van der Waals surface area contributed by atoms with Gasteiger partial charge in [-0.3, -0.25) is 0 Å². The fourth-order valence-electron chi connectivity index (χ4n) is 2.02. The number of hydrogen-bond acceptors (Lipinski definition) is 3. The van der Waals surface area contributed by atoms with Gasteiger partial charge in [0.2, 0.25) is 0 Å². The maximum absolute atomic E-state index is 8.82. The highest BCUT2D eigenvalue weighted by molar-refractivity contribution is 5.37. The van der Waals surface area contributed by atoms with Crippen LogP contribution in [0.1, 0.15) is 22.5 Å². The van der Waals surface area contributed by atoms with Gasteiger partial charge >= 0.3 is 0 Å². The van der Waals surface area contributed by atoms with Crippen LogP contribution in [-0.2, 0) is 20.0 Å². The Labute approximate surface area is 113 Å². The molecule has 1 heterocycles. The van der Waals surface area contributed by atoms with Gasteiger partial charge in [0.05, 0.1) is 11.6 Å².